The van der Waals surface area contributed by atoms with E-state index in [1.54, 1.807) is 28.9 Å². The second-order valence-corrected chi connectivity index (χ2v) is 7.21. The summed E-state index contributed by atoms with van der Waals surface area (Å²) in [5.74, 6) is 0.291. The minimum Gasteiger partial charge on any atom is -0.319 e. The molecule has 3 aromatic carbocycles. The topological polar surface area (TPSA) is 59.8 Å². The SMILES string of the molecule is Cc1ccc(-n2nc(C(=O)Nc3cccc(Cl)c3)nc2-c2ccccc2)cc1C. The van der Waals surface area contributed by atoms with Crippen LogP contribution >= 0.6 is 11.6 Å². The van der Waals surface area contributed by atoms with Gasteiger partial charge < -0.3 is 5.32 Å². The molecule has 0 aliphatic heterocycles. The lowest BCUT2D eigenvalue weighted by molar-refractivity contribution is 0.101. The van der Waals surface area contributed by atoms with Gasteiger partial charge in [0, 0.05) is 16.3 Å². The highest BCUT2D eigenvalue weighted by Gasteiger charge is 2.19. The molecule has 0 aliphatic rings. The van der Waals surface area contributed by atoms with Crippen LogP contribution in [0, 0.1) is 13.8 Å². The van der Waals surface area contributed by atoms with Crippen LogP contribution in [0.1, 0.15) is 21.7 Å². The van der Waals surface area contributed by atoms with Crippen molar-refractivity contribution in [3.05, 3.63) is 94.8 Å². The van der Waals surface area contributed by atoms with Gasteiger partial charge >= 0.3 is 0 Å². The predicted molar refractivity (Wildman–Crippen MR) is 116 cm³/mol. The molecule has 1 aromatic heterocycles. The van der Waals surface area contributed by atoms with E-state index < -0.39 is 5.91 Å². The number of carbonyl (C=O) groups excluding carboxylic acids is 1. The quantitative estimate of drug-likeness (QED) is 0.493. The monoisotopic (exact) mass is 402 g/mol. The summed E-state index contributed by atoms with van der Waals surface area (Å²) < 4.78 is 1.70. The van der Waals surface area contributed by atoms with Gasteiger partial charge in [-0.1, -0.05) is 54.1 Å². The number of nitrogens with zero attached hydrogens (tertiary/aromatic N) is 3. The maximum absolute atomic E-state index is 12.8. The summed E-state index contributed by atoms with van der Waals surface area (Å²) in [4.78, 5) is 17.3. The van der Waals surface area contributed by atoms with E-state index in [-0.39, 0.29) is 5.82 Å². The van der Waals surface area contributed by atoms with Crippen LogP contribution in [0.3, 0.4) is 0 Å². The summed E-state index contributed by atoms with van der Waals surface area (Å²) >= 11 is 6.00. The summed E-state index contributed by atoms with van der Waals surface area (Å²) in [5.41, 5.74) is 4.64. The summed E-state index contributed by atoms with van der Waals surface area (Å²) in [5, 5.41) is 7.85. The Bertz CT molecular complexity index is 1180. The van der Waals surface area contributed by atoms with Crippen LogP contribution in [0.15, 0.2) is 72.8 Å². The van der Waals surface area contributed by atoms with Gasteiger partial charge in [-0.3, -0.25) is 4.79 Å². The number of amides is 1. The molecule has 0 fully saturated rings. The van der Waals surface area contributed by atoms with Gasteiger partial charge in [0.15, 0.2) is 5.82 Å². The lowest BCUT2D eigenvalue weighted by atomic mass is 10.1. The molecule has 1 amide bonds. The van der Waals surface area contributed by atoms with Gasteiger partial charge in [0.2, 0.25) is 5.82 Å². The molecule has 4 aromatic rings. The van der Waals surface area contributed by atoms with Gasteiger partial charge in [0.1, 0.15) is 0 Å². The van der Waals surface area contributed by atoms with E-state index in [1.165, 1.54) is 5.56 Å². The Labute approximate surface area is 174 Å². The van der Waals surface area contributed by atoms with Crippen LogP contribution in [0.4, 0.5) is 5.69 Å². The molecule has 4 rings (SSSR count). The van der Waals surface area contributed by atoms with E-state index in [2.05, 4.69) is 22.3 Å². The molecule has 0 spiro atoms. The van der Waals surface area contributed by atoms with Gasteiger partial charge in [-0.05, 0) is 55.3 Å². The van der Waals surface area contributed by atoms with E-state index in [1.807, 2.05) is 55.5 Å². The number of benzene rings is 3. The summed E-state index contributed by atoms with van der Waals surface area (Å²) in [6.45, 7) is 4.10. The fourth-order valence-corrected chi connectivity index (χ4v) is 3.16. The third-order valence-corrected chi connectivity index (χ3v) is 4.89. The highest BCUT2D eigenvalue weighted by molar-refractivity contribution is 6.30. The van der Waals surface area contributed by atoms with Gasteiger partial charge in [-0.2, -0.15) is 0 Å². The minimum atomic E-state index is -0.396. The van der Waals surface area contributed by atoms with Crippen LogP contribution in [0.5, 0.6) is 0 Å². The largest absolute Gasteiger partial charge is 0.319 e. The minimum absolute atomic E-state index is 0.0852. The molecule has 0 aliphatic carbocycles. The van der Waals surface area contributed by atoms with Crippen molar-refractivity contribution < 1.29 is 4.79 Å². The molecule has 29 heavy (non-hydrogen) atoms. The average Bonchev–Trinajstić information content (AvgIpc) is 3.16. The number of carbonyl (C=O) groups is 1. The van der Waals surface area contributed by atoms with Crippen molar-refractivity contribution in [2.75, 3.05) is 5.32 Å². The number of aromatic nitrogens is 3. The van der Waals surface area contributed by atoms with Crippen molar-refractivity contribution in [1.29, 1.82) is 0 Å². The molecule has 0 saturated heterocycles. The fraction of sp³-hybridized carbons (Fsp3) is 0.0870. The number of aryl methyl sites for hydroxylation is 2. The number of halogens is 1. The van der Waals surface area contributed by atoms with Crippen LogP contribution in [0.2, 0.25) is 5.02 Å². The van der Waals surface area contributed by atoms with E-state index in [0.717, 1.165) is 16.8 Å². The number of hydrogen-bond acceptors (Lipinski definition) is 3. The third kappa shape index (κ3) is 4.05. The average molecular weight is 403 g/mol. The van der Waals surface area contributed by atoms with Crippen molar-refractivity contribution in [3.8, 4) is 17.1 Å². The van der Waals surface area contributed by atoms with Gasteiger partial charge in [0.25, 0.3) is 5.91 Å². The molecule has 0 saturated carbocycles. The number of nitrogens with one attached hydrogen (secondary N) is 1. The van der Waals surface area contributed by atoms with E-state index >= 15 is 0 Å². The van der Waals surface area contributed by atoms with Crippen LogP contribution in [0.25, 0.3) is 17.1 Å². The normalized spacial score (nSPS) is 10.7. The first-order valence-electron chi connectivity index (χ1n) is 9.18. The maximum atomic E-state index is 12.8. The zero-order valence-corrected chi connectivity index (χ0v) is 16.8. The van der Waals surface area contributed by atoms with Crippen molar-refractivity contribution in [2.24, 2.45) is 0 Å². The summed E-state index contributed by atoms with van der Waals surface area (Å²) in [6, 6.07) is 22.7. The predicted octanol–water partition coefficient (Wildman–Crippen LogP) is 5.46. The van der Waals surface area contributed by atoms with E-state index in [4.69, 9.17) is 11.6 Å². The molecule has 0 bridgehead atoms. The molecule has 1 heterocycles. The van der Waals surface area contributed by atoms with Crippen molar-refractivity contribution in [3.63, 3.8) is 0 Å². The smallest absolute Gasteiger partial charge is 0.295 e. The molecule has 5 nitrogen and oxygen atoms in total. The number of rotatable bonds is 4. The maximum Gasteiger partial charge on any atom is 0.295 e. The highest BCUT2D eigenvalue weighted by Crippen LogP contribution is 2.23. The van der Waals surface area contributed by atoms with Crippen LogP contribution < -0.4 is 5.32 Å². The van der Waals surface area contributed by atoms with Crippen LogP contribution in [-0.4, -0.2) is 20.7 Å². The summed E-state index contributed by atoms with van der Waals surface area (Å²) in [6.07, 6.45) is 0. The first-order chi connectivity index (χ1) is 14.0. The third-order valence-electron chi connectivity index (χ3n) is 4.66. The summed E-state index contributed by atoms with van der Waals surface area (Å²) in [7, 11) is 0. The lowest BCUT2D eigenvalue weighted by Gasteiger charge is -2.08. The molecular weight excluding hydrogens is 384 g/mol. The standard InChI is InChI=1S/C23H19ClN4O/c1-15-11-12-20(13-16(15)2)28-22(17-7-4-3-5-8-17)26-21(27-28)23(29)25-19-10-6-9-18(24)14-19/h3-14H,1-2H3,(H,25,29). The van der Waals surface area contributed by atoms with Gasteiger partial charge in [-0.25, -0.2) is 9.67 Å². The first kappa shape index (κ1) is 18.9. The lowest BCUT2D eigenvalue weighted by Crippen LogP contribution is -2.14. The van der Waals surface area contributed by atoms with Crippen LogP contribution in [-0.2, 0) is 0 Å². The number of hydrogen-bond donors (Lipinski definition) is 1. The molecular formula is C23H19ClN4O. The molecule has 0 radical (unpaired) electrons. The van der Waals surface area contributed by atoms with Crippen molar-refractivity contribution >= 4 is 23.2 Å². The van der Waals surface area contributed by atoms with E-state index in [0.29, 0.717) is 16.5 Å². The van der Waals surface area contributed by atoms with Gasteiger partial charge in [-0.15, -0.1) is 5.10 Å². The van der Waals surface area contributed by atoms with Gasteiger partial charge in [0.05, 0.1) is 5.69 Å². The Hall–Kier alpha value is -3.44. The molecule has 6 heteroatoms. The molecule has 144 valence electrons. The number of anilines is 1. The zero-order chi connectivity index (χ0) is 20.4. The Balaban J connectivity index is 1.77. The highest BCUT2D eigenvalue weighted by atomic mass is 35.5. The Morgan fingerprint density at radius 3 is 2.45 bits per heavy atom. The Kier molecular flexibility index (Phi) is 5.14. The molecule has 1 N–H and O–H groups in total. The second-order valence-electron chi connectivity index (χ2n) is 6.77. The van der Waals surface area contributed by atoms with E-state index in [9.17, 15) is 4.79 Å². The second kappa shape index (κ2) is 7.89. The first-order valence-corrected chi connectivity index (χ1v) is 9.56. The Morgan fingerprint density at radius 2 is 1.72 bits per heavy atom. The molecule has 0 atom stereocenters. The fourth-order valence-electron chi connectivity index (χ4n) is 2.97. The van der Waals surface area contributed by atoms with Crippen molar-refractivity contribution in [2.45, 2.75) is 13.8 Å². The zero-order valence-electron chi connectivity index (χ0n) is 16.1. The van der Waals surface area contributed by atoms with Crippen molar-refractivity contribution in [1.82, 2.24) is 14.8 Å². The molecule has 0 unspecified atom stereocenters. The Morgan fingerprint density at radius 1 is 0.931 bits per heavy atom.